The lowest BCUT2D eigenvalue weighted by molar-refractivity contribution is -0.137. The summed E-state index contributed by atoms with van der Waals surface area (Å²) < 4.78 is 44.5. The number of amides is 1. The Morgan fingerprint density at radius 1 is 1.20 bits per heavy atom. The molecule has 1 amide bonds. The Bertz CT molecular complexity index is 682. The average Bonchev–Trinajstić information content (AvgIpc) is 2.82. The molecular formula is C18H23F3N2O2. The first-order valence-corrected chi connectivity index (χ1v) is 8.42. The Balaban J connectivity index is 1.81. The summed E-state index contributed by atoms with van der Waals surface area (Å²) in [4.78, 5) is 16.0. The zero-order chi connectivity index (χ0) is 18.6. The monoisotopic (exact) mass is 356 g/mol. The molecule has 0 aliphatic carbocycles. The van der Waals surface area contributed by atoms with E-state index in [-0.39, 0.29) is 18.2 Å². The zero-order valence-corrected chi connectivity index (χ0v) is 14.9. The van der Waals surface area contributed by atoms with Gasteiger partial charge in [0.05, 0.1) is 11.6 Å². The van der Waals surface area contributed by atoms with Crippen molar-refractivity contribution in [2.75, 3.05) is 18.0 Å². The zero-order valence-electron chi connectivity index (χ0n) is 14.9. The molecule has 2 heterocycles. The van der Waals surface area contributed by atoms with Crippen molar-refractivity contribution in [2.24, 2.45) is 0 Å². The Kier molecular flexibility index (Phi) is 4.16. The van der Waals surface area contributed by atoms with Crippen molar-refractivity contribution in [3.05, 3.63) is 29.3 Å². The summed E-state index contributed by atoms with van der Waals surface area (Å²) in [6.45, 7) is 8.26. The summed E-state index contributed by atoms with van der Waals surface area (Å²) in [5.74, 6) is 0. The first kappa shape index (κ1) is 17.9. The third kappa shape index (κ3) is 3.55. The molecule has 1 fully saturated rings. The number of hydrogen-bond donors (Lipinski definition) is 0. The van der Waals surface area contributed by atoms with E-state index in [1.807, 2.05) is 32.6 Å². The summed E-state index contributed by atoms with van der Waals surface area (Å²) in [5, 5.41) is 0. The van der Waals surface area contributed by atoms with Gasteiger partial charge >= 0.3 is 12.3 Å². The second kappa shape index (κ2) is 5.81. The maximum absolute atomic E-state index is 13.0. The van der Waals surface area contributed by atoms with Crippen LogP contribution in [0.4, 0.5) is 23.7 Å². The van der Waals surface area contributed by atoms with Crippen LogP contribution in [0.15, 0.2) is 18.2 Å². The molecule has 138 valence electrons. The van der Waals surface area contributed by atoms with Gasteiger partial charge in [-0.3, -0.25) is 0 Å². The molecule has 3 rings (SSSR count). The minimum atomic E-state index is -4.35. The van der Waals surface area contributed by atoms with Gasteiger partial charge in [-0.1, -0.05) is 6.07 Å². The highest BCUT2D eigenvalue weighted by Crippen LogP contribution is 2.40. The largest absolute Gasteiger partial charge is 0.444 e. The van der Waals surface area contributed by atoms with Crippen LogP contribution >= 0.6 is 0 Å². The molecule has 0 spiro atoms. The predicted molar refractivity (Wildman–Crippen MR) is 88.7 cm³/mol. The molecule has 1 saturated heterocycles. The van der Waals surface area contributed by atoms with Crippen LogP contribution in [0.1, 0.15) is 38.8 Å². The van der Waals surface area contributed by atoms with Crippen LogP contribution in [0.5, 0.6) is 0 Å². The number of halogens is 3. The van der Waals surface area contributed by atoms with Crippen molar-refractivity contribution in [3.8, 4) is 0 Å². The molecule has 0 N–H and O–H groups in total. The van der Waals surface area contributed by atoms with Gasteiger partial charge in [-0.15, -0.1) is 0 Å². The van der Waals surface area contributed by atoms with E-state index in [2.05, 4.69) is 0 Å². The minimum Gasteiger partial charge on any atom is -0.444 e. The van der Waals surface area contributed by atoms with Gasteiger partial charge in [-0.25, -0.2) is 4.79 Å². The highest BCUT2D eigenvalue weighted by Gasteiger charge is 2.42. The third-order valence-electron chi connectivity index (χ3n) is 4.58. The summed E-state index contributed by atoms with van der Waals surface area (Å²) in [7, 11) is 0. The molecule has 2 unspecified atom stereocenters. The van der Waals surface area contributed by atoms with Gasteiger partial charge in [-0.05, 0) is 51.8 Å². The molecule has 2 aliphatic rings. The van der Waals surface area contributed by atoms with Crippen LogP contribution in [0.2, 0.25) is 0 Å². The number of alkyl halides is 3. The Labute approximate surface area is 145 Å². The predicted octanol–water partition coefficient (Wildman–Crippen LogP) is 4.08. The maximum atomic E-state index is 13.0. The first-order valence-electron chi connectivity index (χ1n) is 8.42. The van der Waals surface area contributed by atoms with Crippen molar-refractivity contribution >= 4 is 11.8 Å². The standard InChI is InChI=1S/C18H23F3N2O2/c1-11-9-22(16(24)25-17(2,3)4)10-14-7-12-5-6-13(18(19,20)21)8-15(12)23(11)14/h5-6,8,11,14H,7,9-10H2,1-4H3. The number of nitrogens with zero attached hydrogens (tertiary/aromatic N) is 2. The molecular weight excluding hydrogens is 333 g/mol. The Morgan fingerprint density at radius 2 is 1.88 bits per heavy atom. The van der Waals surface area contributed by atoms with Crippen molar-refractivity contribution < 1.29 is 22.7 Å². The van der Waals surface area contributed by atoms with Crippen LogP contribution < -0.4 is 4.90 Å². The lowest BCUT2D eigenvalue weighted by atomic mass is 10.1. The van der Waals surface area contributed by atoms with Gasteiger partial charge in [-0.2, -0.15) is 13.2 Å². The summed E-state index contributed by atoms with van der Waals surface area (Å²) in [6.07, 6.45) is -4.09. The smallest absolute Gasteiger partial charge is 0.416 e. The number of hydrogen-bond acceptors (Lipinski definition) is 3. The van der Waals surface area contributed by atoms with E-state index >= 15 is 0 Å². The quantitative estimate of drug-likeness (QED) is 0.702. The van der Waals surface area contributed by atoms with Gasteiger partial charge in [0.25, 0.3) is 0 Å². The SMILES string of the molecule is CC1CN(C(=O)OC(C)(C)C)CC2Cc3ccc(C(F)(F)F)cc3N12. The molecule has 7 heteroatoms. The van der Waals surface area contributed by atoms with E-state index in [1.165, 1.54) is 6.07 Å². The van der Waals surface area contributed by atoms with Crippen molar-refractivity contribution in [1.82, 2.24) is 4.90 Å². The number of ether oxygens (including phenoxy) is 1. The minimum absolute atomic E-state index is 0.0187. The van der Waals surface area contributed by atoms with E-state index in [0.29, 0.717) is 25.2 Å². The van der Waals surface area contributed by atoms with Crippen molar-refractivity contribution in [3.63, 3.8) is 0 Å². The van der Waals surface area contributed by atoms with Gasteiger partial charge in [0.2, 0.25) is 0 Å². The molecule has 0 bridgehead atoms. The van der Waals surface area contributed by atoms with Gasteiger partial charge in [0.15, 0.2) is 0 Å². The number of piperazine rings is 1. The number of rotatable bonds is 0. The molecule has 2 atom stereocenters. The van der Waals surface area contributed by atoms with E-state index in [1.54, 1.807) is 11.0 Å². The van der Waals surface area contributed by atoms with Gasteiger partial charge in [0.1, 0.15) is 5.60 Å². The number of carbonyl (C=O) groups excluding carboxylic acids is 1. The second-order valence-corrected chi connectivity index (χ2v) is 7.84. The second-order valence-electron chi connectivity index (χ2n) is 7.84. The topological polar surface area (TPSA) is 32.8 Å². The lowest BCUT2D eigenvalue weighted by Crippen LogP contribution is -2.58. The van der Waals surface area contributed by atoms with Gasteiger partial charge in [0, 0.05) is 24.8 Å². The van der Waals surface area contributed by atoms with E-state index in [9.17, 15) is 18.0 Å². The molecule has 1 aromatic carbocycles. The maximum Gasteiger partial charge on any atom is 0.416 e. The first-order chi connectivity index (χ1) is 11.5. The highest BCUT2D eigenvalue weighted by molar-refractivity contribution is 5.70. The van der Waals surface area contributed by atoms with E-state index < -0.39 is 17.3 Å². The molecule has 0 aromatic heterocycles. The molecule has 0 radical (unpaired) electrons. The highest BCUT2D eigenvalue weighted by atomic mass is 19.4. The molecule has 0 saturated carbocycles. The number of benzene rings is 1. The van der Waals surface area contributed by atoms with Crippen LogP contribution in [0.25, 0.3) is 0 Å². The van der Waals surface area contributed by atoms with E-state index in [4.69, 9.17) is 4.74 Å². The normalized spacial score (nSPS) is 23.3. The molecule has 1 aromatic rings. The number of carbonyl (C=O) groups is 1. The molecule has 25 heavy (non-hydrogen) atoms. The molecule has 2 aliphatic heterocycles. The average molecular weight is 356 g/mol. The third-order valence-corrected chi connectivity index (χ3v) is 4.58. The summed E-state index contributed by atoms with van der Waals surface area (Å²) in [5.41, 5.74) is 0.332. The summed E-state index contributed by atoms with van der Waals surface area (Å²) >= 11 is 0. The van der Waals surface area contributed by atoms with Crippen LogP contribution in [-0.2, 0) is 17.3 Å². The fourth-order valence-electron chi connectivity index (χ4n) is 3.66. The summed E-state index contributed by atoms with van der Waals surface area (Å²) in [6, 6.07) is 3.83. The van der Waals surface area contributed by atoms with Crippen molar-refractivity contribution in [1.29, 1.82) is 0 Å². The van der Waals surface area contributed by atoms with Crippen LogP contribution in [-0.4, -0.2) is 41.8 Å². The fourth-order valence-corrected chi connectivity index (χ4v) is 3.66. The van der Waals surface area contributed by atoms with E-state index in [0.717, 1.165) is 11.6 Å². The Morgan fingerprint density at radius 3 is 2.48 bits per heavy atom. The molecule has 4 nitrogen and oxygen atoms in total. The lowest BCUT2D eigenvalue weighted by Gasteiger charge is -2.44. The van der Waals surface area contributed by atoms with Crippen molar-refractivity contribution in [2.45, 2.75) is 58.0 Å². The Hall–Kier alpha value is -1.92. The van der Waals surface area contributed by atoms with Crippen LogP contribution in [0, 0.1) is 0 Å². The van der Waals surface area contributed by atoms with Gasteiger partial charge < -0.3 is 14.5 Å². The number of anilines is 1. The fraction of sp³-hybridized carbons (Fsp3) is 0.611. The number of fused-ring (bicyclic) bond motifs is 3. The van der Waals surface area contributed by atoms with Crippen LogP contribution in [0.3, 0.4) is 0 Å².